The molecule has 0 unspecified atom stereocenters. The Morgan fingerprint density at radius 2 is 1.54 bits per heavy atom. The van der Waals surface area contributed by atoms with Crippen LogP contribution in [0.15, 0.2) is 12.1 Å². The van der Waals surface area contributed by atoms with Crippen LogP contribution >= 0.6 is 0 Å². The van der Waals surface area contributed by atoms with Crippen molar-refractivity contribution in [3.63, 3.8) is 0 Å². The van der Waals surface area contributed by atoms with E-state index in [9.17, 15) is 0 Å². The first-order valence-corrected chi connectivity index (χ1v) is 5.22. The van der Waals surface area contributed by atoms with Crippen molar-refractivity contribution in [1.82, 2.24) is 0 Å². The molecular formula is C13H22. The van der Waals surface area contributed by atoms with E-state index in [1.807, 2.05) is 13.8 Å². The summed E-state index contributed by atoms with van der Waals surface area (Å²) in [5.41, 5.74) is 5.74. The topological polar surface area (TPSA) is 0 Å². The minimum absolute atomic E-state index is 1.15. The van der Waals surface area contributed by atoms with Crippen molar-refractivity contribution in [2.24, 2.45) is 0 Å². The molecule has 0 saturated heterocycles. The van der Waals surface area contributed by atoms with Crippen LogP contribution in [0.5, 0.6) is 0 Å². The molecule has 0 aliphatic heterocycles. The van der Waals surface area contributed by atoms with E-state index in [1.165, 1.54) is 22.3 Å². The molecule has 0 saturated carbocycles. The van der Waals surface area contributed by atoms with E-state index in [0.717, 1.165) is 6.42 Å². The summed E-state index contributed by atoms with van der Waals surface area (Å²) in [6.45, 7) is 12.8. The molecule has 0 bridgehead atoms. The fourth-order valence-electron chi connectivity index (χ4n) is 1.49. The molecule has 0 nitrogen and oxygen atoms in total. The third kappa shape index (κ3) is 3.22. The zero-order valence-corrected chi connectivity index (χ0v) is 9.86. The molecule has 0 amide bonds. The van der Waals surface area contributed by atoms with Crippen LogP contribution in [0, 0.1) is 20.8 Å². The molecule has 1 aromatic carbocycles. The van der Waals surface area contributed by atoms with E-state index < -0.39 is 0 Å². The molecule has 1 aromatic rings. The van der Waals surface area contributed by atoms with Gasteiger partial charge in [0.15, 0.2) is 0 Å². The van der Waals surface area contributed by atoms with Crippen LogP contribution in [0.3, 0.4) is 0 Å². The van der Waals surface area contributed by atoms with Crippen LogP contribution in [0.25, 0.3) is 0 Å². The molecule has 13 heavy (non-hydrogen) atoms. The molecule has 0 radical (unpaired) electrons. The Morgan fingerprint density at radius 1 is 1.00 bits per heavy atom. The van der Waals surface area contributed by atoms with E-state index in [2.05, 4.69) is 39.8 Å². The molecule has 0 fully saturated rings. The molecule has 0 heteroatoms. The maximum absolute atomic E-state index is 2.28. The smallest absolute Gasteiger partial charge is 0.0305 e. The Balaban J connectivity index is 0.000000671. The largest absolute Gasteiger partial charge is 0.0683 e. The highest BCUT2D eigenvalue weighted by Crippen LogP contribution is 2.15. The molecule has 1 rings (SSSR count). The second-order valence-corrected chi connectivity index (χ2v) is 3.22. The van der Waals surface area contributed by atoms with E-state index in [-0.39, 0.29) is 0 Å². The van der Waals surface area contributed by atoms with Gasteiger partial charge < -0.3 is 0 Å². The third-order valence-corrected chi connectivity index (χ3v) is 2.30. The number of hydrogen-bond donors (Lipinski definition) is 0. The number of rotatable bonds is 1. The Hall–Kier alpha value is -0.780. The summed E-state index contributed by atoms with van der Waals surface area (Å²) < 4.78 is 0. The zero-order valence-electron chi connectivity index (χ0n) is 9.86. The molecule has 0 spiro atoms. The monoisotopic (exact) mass is 178 g/mol. The van der Waals surface area contributed by atoms with Gasteiger partial charge in [-0.15, -0.1) is 0 Å². The van der Waals surface area contributed by atoms with Gasteiger partial charge in [-0.05, 0) is 43.9 Å². The van der Waals surface area contributed by atoms with Gasteiger partial charge in [0.2, 0.25) is 0 Å². The minimum Gasteiger partial charge on any atom is -0.0683 e. The van der Waals surface area contributed by atoms with Crippen molar-refractivity contribution in [1.29, 1.82) is 0 Å². The minimum atomic E-state index is 1.15. The molecule has 74 valence electrons. The van der Waals surface area contributed by atoms with E-state index in [1.54, 1.807) is 0 Å². The van der Waals surface area contributed by atoms with Crippen molar-refractivity contribution in [3.8, 4) is 0 Å². The second kappa shape index (κ2) is 5.80. The summed E-state index contributed by atoms with van der Waals surface area (Å²) in [6, 6.07) is 4.52. The van der Waals surface area contributed by atoms with Crippen molar-refractivity contribution in [2.45, 2.75) is 48.0 Å². The Bertz CT molecular complexity index is 259. The maximum Gasteiger partial charge on any atom is -0.0305 e. The zero-order chi connectivity index (χ0) is 10.4. The van der Waals surface area contributed by atoms with Gasteiger partial charge in [-0.2, -0.15) is 0 Å². The van der Waals surface area contributed by atoms with Crippen LogP contribution in [-0.4, -0.2) is 0 Å². The molecule has 0 aliphatic carbocycles. The SMILES string of the molecule is CC.CCc1cc(C)cc(C)c1C. The van der Waals surface area contributed by atoms with Gasteiger partial charge in [0.1, 0.15) is 0 Å². The third-order valence-electron chi connectivity index (χ3n) is 2.30. The van der Waals surface area contributed by atoms with Gasteiger partial charge in [-0.25, -0.2) is 0 Å². The summed E-state index contributed by atoms with van der Waals surface area (Å²) >= 11 is 0. The Labute approximate surface area is 83.0 Å². The fourth-order valence-corrected chi connectivity index (χ4v) is 1.49. The Kier molecular flexibility index (Phi) is 5.45. The quantitative estimate of drug-likeness (QED) is 0.604. The van der Waals surface area contributed by atoms with Gasteiger partial charge in [0.25, 0.3) is 0 Å². The highest BCUT2D eigenvalue weighted by atomic mass is 14.0. The van der Waals surface area contributed by atoms with Crippen molar-refractivity contribution < 1.29 is 0 Å². The van der Waals surface area contributed by atoms with Crippen molar-refractivity contribution in [3.05, 3.63) is 34.4 Å². The van der Waals surface area contributed by atoms with E-state index in [0.29, 0.717) is 0 Å². The summed E-state index contributed by atoms with van der Waals surface area (Å²) in [5.74, 6) is 0. The van der Waals surface area contributed by atoms with Crippen LogP contribution in [0.2, 0.25) is 0 Å². The average molecular weight is 178 g/mol. The molecule has 0 atom stereocenters. The normalized spacial score (nSPS) is 9.08. The highest BCUT2D eigenvalue weighted by molar-refractivity contribution is 5.37. The highest BCUT2D eigenvalue weighted by Gasteiger charge is 1.99. The van der Waals surface area contributed by atoms with Crippen molar-refractivity contribution >= 4 is 0 Å². The predicted octanol–water partition coefficient (Wildman–Crippen LogP) is 4.20. The van der Waals surface area contributed by atoms with Gasteiger partial charge in [-0.1, -0.05) is 38.5 Å². The lowest BCUT2D eigenvalue weighted by atomic mass is 9.99. The number of hydrogen-bond acceptors (Lipinski definition) is 0. The fraction of sp³-hybridized carbons (Fsp3) is 0.538. The first-order chi connectivity index (χ1) is 6.15. The summed E-state index contributed by atoms with van der Waals surface area (Å²) in [6.07, 6.45) is 1.15. The first-order valence-electron chi connectivity index (χ1n) is 5.22. The lowest BCUT2D eigenvalue weighted by molar-refractivity contribution is 1.08. The van der Waals surface area contributed by atoms with Crippen LogP contribution < -0.4 is 0 Å². The number of aryl methyl sites for hydroxylation is 3. The lowest BCUT2D eigenvalue weighted by Gasteiger charge is -2.07. The standard InChI is InChI=1S/C11H16.C2H6/c1-5-11-7-8(2)6-9(3)10(11)4;1-2/h6-7H,5H2,1-4H3;1-2H3. The average Bonchev–Trinajstić information content (AvgIpc) is 2.14. The van der Waals surface area contributed by atoms with E-state index >= 15 is 0 Å². The Morgan fingerprint density at radius 3 is 2.00 bits per heavy atom. The van der Waals surface area contributed by atoms with Gasteiger partial charge in [-0.3, -0.25) is 0 Å². The van der Waals surface area contributed by atoms with Crippen LogP contribution in [0.1, 0.15) is 43.0 Å². The summed E-state index contributed by atoms with van der Waals surface area (Å²) in [4.78, 5) is 0. The van der Waals surface area contributed by atoms with Gasteiger partial charge >= 0.3 is 0 Å². The van der Waals surface area contributed by atoms with E-state index in [4.69, 9.17) is 0 Å². The molecule has 0 N–H and O–H groups in total. The molecule has 0 aromatic heterocycles. The summed E-state index contributed by atoms with van der Waals surface area (Å²) in [7, 11) is 0. The maximum atomic E-state index is 2.28. The van der Waals surface area contributed by atoms with Gasteiger partial charge in [0, 0.05) is 0 Å². The number of benzene rings is 1. The van der Waals surface area contributed by atoms with Crippen LogP contribution in [0.4, 0.5) is 0 Å². The summed E-state index contributed by atoms with van der Waals surface area (Å²) in [5, 5.41) is 0. The first kappa shape index (κ1) is 12.2. The van der Waals surface area contributed by atoms with Gasteiger partial charge in [0.05, 0.1) is 0 Å². The van der Waals surface area contributed by atoms with Crippen molar-refractivity contribution in [2.75, 3.05) is 0 Å². The lowest BCUT2D eigenvalue weighted by Crippen LogP contribution is -1.91. The molecule has 0 heterocycles. The molecule has 0 aliphatic rings. The van der Waals surface area contributed by atoms with Crippen LogP contribution in [-0.2, 0) is 6.42 Å². The second-order valence-electron chi connectivity index (χ2n) is 3.22. The predicted molar refractivity (Wildman–Crippen MR) is 61.4 cm³/mol. The molecular weight excluding hydrogens is 156 g/mol.